The normalized spacial score (nSPS) is 11.4. The number of para-hydroxylation sites is 1. The molecule has 0 spiro atoms. The van der Waals surface area contributed by atoms with Crippen LogP contribution < -0.4 is 5.32 Å². The molecule has 0 unspecified atom stereocenters. The summed E-state index contributed by atoms with van der Waals surface area (Å²) in [5, 5.41) is 6.11. The summed E-state index contributed by atoms with van der Waals surface area (Å²) in [5.74, 6) is -0.500. The summed E-state index contributed by atoms with van der Waals surface area (Å²) in [4.78, 5) is 12.7. The van der Waals surface area contributed by atoms with Gasteiger partial charge in [-0.15, -0.1) is 0 Å². The summed E-state index contributed by atoms with van der Waals surface area (Å²) in [7, 11) is 0. The van der Waals surface area contributed by atoms with Crippen LogP contribution >= 0.6 is 0 Å². The number of amides is 1. The van der Waals surface area contributed by atoms with Gasteiger partial charge in [-0.05, 0) is 26.0 Å². The maximum absolute atomic E-state index is 13.1. The topological polar surface area (TPSA) is 55.1 Å². The van der Waals surface area contributed by atoms with Crippen LogP contribution in [0.15, 0.2) is 53.1 Å². The lowest BCUT2D eigenvalue weighted by molar-refractivity contribution is -0.136. The van der Waals surface area contributed by atoms with E-state index in [1.54, 1.807) is 19.1 Å². The Morgan fingerprint density at radius 1 is 1.04 bits per heavy atom. The molecular weight excluding hydrogens is 345 g/mol. The minimum Gasteiger partial charge on any atom is -0.355 e. The summed E-state index contributed by atoms with van der Waals surface area (Å²) in [6, 6.07) is 12.0. The number of nitrogens with zero attached hydrogens (tertiary/aromatic N) is 1. The van der Waals surface area contributed by atoms with E-state index in [0.29, 0.717) is 11.3 Å². The Balaban J connectivity index is 1.98. The third-order valence-corrected chi connectivity index (χ3v) is 3.88. The maximum atomic E-state index is 13.1. The summed E-state index contributed by atoms with van der Waals surface area (Å²) >= 11 is 0. The van der Waals surface area contributed by atoms with Crippen LogP contribution in [0, 0.1) is 13.8 Å². The molecule has 1 heterocycles. The first-order chi connectivity index (χ1) is 12.3. The molecular formula is C19H15F3N2O2. The third-order valence-electron chi connectivity index (χ3n) is 3.88. The molecule has 0 saturated heterocycles. The van der Waals surface area contributed by atoms with Gasteiger partial charge in [0.25, 0.3) is 5.91 Å². The largest absolute Gasteiger partial charge is 0.418 e. The number of benzene rings is 2. The monoisotopic (exact) mass is 360 g/mol. The number of aromatic nitrogens is 1. The minimum atomic E-state index is -4.58. The Bertz CT molecular complexity index is 944. The van der Waals surface area contributed by atoms with E-state index < -0.39 is 17.6 Å². The number of carbonyl (C=O) groups excluding carboxylic acids is 1. The molecule has 7 heteroatoms. The number of hydrogen-bond donors (Lipinski definition) is 1. The van der Waals surface area contributed by atoms with E-state index >= 15 is 0 Å². The highest BCUT2D eigenvalue weighted by Crippen LogP contribution is 2.35. The van der Waals surface area contributed by atoms with Crippen LogP contribution in [0.25, 0.3) is 11.3 Å². The highest BCUT2D eigenvalue weighted by molar-refractivity contribution is 6.09. The van der Waals surface area contributed by atoms with Crippen LogP contribution in [0.3, 0.4) is 0 Å². The number of nitrogens with one attached hydrogen (secondary N) is 1. The molecule has 3 rings (SSSR count). The Labute approximate surface area is 147 Å². The number of rotatable bonds is 3. The fraction of sp³-hybridized carbons (Fsp3) is 0.158. The quantitative estimate of drug-likeness (QED) is 0.696. The van der Waals surface area contributed by atoms with Gasteiger partial charge in [-0.25, -0.2) is 0 Å². The van der Waals surface area contributed by atoms with Crippen LogP contribution in [0.2, 0.25) is 0 Å². The van der Waals surface area contributed by atoms with Crippen LogP contribution in [-0.2, 0) is 6.18 Å². The van der Waals surface area contributed by atoms with Crippen molar-refractivity contribution < 1.29 is 22.5 Å². The van der Waals surface area contributed by atoms with E-state index in [4.69, 9.17) is 4.52 Å². The lowest BCUT2D eigenvalue weighted by atomic mass is 10.0. The van der Waals surface area contributed by atoms with E-state index in [0.717, 1.165) is 11.6 Å². The van der Waals surface area contributed by atoms with Gasteiger partial charge in [-0.1, -0.05) is 47.1 Å². The van der Waals surface area contributed by atoms with Gasteiger partial charge in [0.1, 0.15) is 5.56 Å². The van der Waals surface area contributed by atoms with Gasteiger partial charge in [0.15, 0.2) is 5.76 Å². The van der Waals surface area contributed by atoms with Gasteiger partial charge in [-0.2, -0.15) is 13.2 Å². The van der Waals surface area contributed by atoms with Crippen LogP contribution in [-0.4, -0.2) is 11.1 Å². The zero-order valence-corrected chi connectivity index (χ0v) is 14.0. The van der Waals surface area contributed by atoms with Gasteiger partial charge in [-0.3, -0.25) is 4.79 Å². The molecule has 0 atom stereocenters. The first-order valence-corrected chi connectivity index (χ1v) is 7.78. The Kier molecular flexibility index (Phi) is 4.54. The van der Waals surface area contributed by atoms with Crippen LogP contribution in [0.5, 0.6) is 0 Å². The lowest BCUT2D eigenvalue weighted by Crippen LogP contribution is -2.17. The molecule has 0 aliphatic carbocycles. The van der Waals surface area contributed by atoms with Crippen molar-refractivity contribution in [3.63, 3.8) is 0 Å². The van der Waals surface area contributed by atoms with Crippen molar-refractivity contribution in [2.24, 2.45) is 0 Å². The number of aryl methyl sites for hydroxylation is 2. The number of anilines is 1. The van der Waals surface area contributed by atoms with Crippen molar-refractivity contribution in [3.8, 4) is 11.3 Å². The minimum absolute atomic E-state index is 0.103. The van der Waals surface area contributed by atoms with Crippen molar-refractivity contribution in [1.29, 1.82) is 0 Å². The summed E-state index contributed by atoms with van der Waals surface area (Å²) < 4.78 is 44.6. The van der Waals surface area contributed by atoms with Crippen molar-refractivity contribution in [1.82, 2.24) is 5.16 Å². The molecule has 0 bridgehead atoms. The molecule has 1 N–H and O–H groups in total. The maximum Gasteiger partial charge on any atom is 0.418 e. The van der Waals surface area contributed by atoms with Crippen LogP contribution in [0.4, 0.5) is 18.9 Å². The fourth-order valence-corrected chi connectivity index (χ4v) is 2.56. The molecule has 0 saturated carbocycles. The zero-order chi connectivity index (χ0) is 18.9. The average molecular weight is 360 g/mol. The molecule has 3 aromatic rings. The molecule has 1 amide bonds. The number of alkyl halides is 3. The van der Waals surface area contributed by atoms with Crippen molar-refractivity contribution in [2.45, 2.75) is 20.0 Å². The van der Waals surface area contributed by atoms with Gasteiger partial charge in [0.2, 0.25) is 0 Å². The number of hydrogen-bond acceptors (Lipinski definition) is 3. The predicted molar refractivity (Wildman–Crippen MR) is 90.8 cm³/mol. The van der Waals surface area contributed by atoms with Crippen LogP contribution in [0.1, 0.15) is 27.2 Å². The molecule has 4 nitrogen and oxygen atoms in total. The van der Waals surface area contributed by atoms with Gasteiger partial charge < -0.3 is 9.84 Å². The smallest absolute Gasteiger partial charge is 0.355 e. The Hall–Kier alpha value is -3.09. The second kappa shape index (κ2) is 6.67. The molecule has 1 aromatic heterocycles. The Morgan fingerprint density at radius 3 is 2.35 bits per heavy atom. The third kappa shape index (κ3) is 3.46. The van der Waals surface area contributed by atoms with E-state index in [-0.39, 0.29) is 17.0 Å². The summed E-state index contributed by atoms with van der Waals surface area (Å²) in [6.45, 7) is 3.48. The highest BCUT2D eigenvalue weighted by atomic mass is 19.4. The lowest BCUT2D eigenvalue weighted by Gasteiger charge is -2.13. The first-order valence-electron chi connectivity index (χ1n) is 7.78. The van der Waals surface area contributed by atoms with Gasteiger partial charge in [0.05, 0.1) is 16.9 Å². The summed E-state index contributed by atoms with van der Waals surface area (Å²) in [5.41, 5.74) is 0.800. The van der Waals surface area contributed by atoms with E-state index in [2.05, 4.69) is 10.5 Å². The zero-order valence-electron chi connectivity index (χ0n) is 14.0. The molecule has 134 valence electrons. The molecule has 26 heavy (non-hydrogen) atoms. The van der Waals surface area contributed by atoms with Crippen molar-refractivity contribution >= 4 is 11.6 Å². The average Bonchev–Trinajstić information content (AvgIpc) is 2.97. The van der Waals surface area contributed by atoms with Gasteiger partial charge in [0, 0.05) is 5.56 Å². The van der Waals surface area contributed by atoms with Crippen molar-refractivity contribution in [2.75, 3.05) is 5.32 Å². The van der Waals surface area contributed by atoms with E-state index in [1.807, 2.05) is 19.1 Å². The molecule has 0 radical (unpaired) electrons. The van der Waals surface area contributed by atoms with Crippen molar-refractivity contribution in [3.05, 3.63) is 70.9 Å². The van der Waals surface area contributed by atoms with Gasteiger partial charge >= 0.3 is 6.18 Å². The molecule has 0 fully saturated rings. The summed E-state index contributed by atoms with van der Waals surface area (Å²) in [6.07, 6.45) is -4.58. The molecule has 0 aliphatic rings. The predicted octanol–water partition coefficient (Wildman–Crippen LogP) is 5.23. The fourth-order valence-electron chi connectivity index (χ4n) is 2.56. The second-order valence-corrected chi connectivity index (χ2v) is 5.84. The number of carbonyl (C=O) groups is 1. The van der Waals surface area contributed by atoms with E-state index in [9.17, 15) is 18.0 Å². The molecule has 0 aliphatic heterocycles. The molecule has 2 aromatic carbocycles. The standard InChI is InChI=1S/C19H15F3N2O2/c1-11-7-9-13(10-8-11)17-16(12(2)24-26-17)18(25)23-15-6-4-3-5-14(15)19(20,21)22/h3-10H,1-2H3,(H,23,25). The highest BCUT2D eigenvalue weighted by Gasteiger charge is 2.34. The second-order valence-electron chi connectivity index (χ2n) is 5.84. The van der Waals surface area contributed by atoms with E-state index in [1.165, 1.54) is 18.2 Å². The first kappa shape index (κ1) is 17.7. The number of halogens is 3. The Morgan fingerprint density at radius 2 is 1.69 bits per heavy atom. The SMILES string of the molecule is Cc1ccc(-c2onc(C)c2C(=O)Nc2ccccc2C(F)(F)F)cc1.